The van der Waals surface area contributed by atoms with Crippen LogP contribution in [0.25, 0.3) is 0 Å². The number of nitrogens with zero attached hydrogens (tertiary/aromatic N) is 2. The van der Waals surface area contributed by atoms with E-state index in [1.165, 1.54) is 10.9 Å². The molecule has 0 spiro atoms. The van der Waals surface area contributed by atoms with Crippen LogP contribution in [0.15, 0.2) is 41.4 Å². The highest BCUT2D eigenvalue weighted by atomic mass is 32.2. The number of aromatic nitrogens is 2. The SMILES string of the molecule is CNC(C)c1ccc(S(=O)(=O)Nc2ccnn2C)cc1. The standard InChI is InChI=1S/C13H18N4O2S/c1-10(14-2)11-4-6-12(7-5-11)20(18,19)16-13-8-9-15-17(13)3/h4-10,14,16H,1-3H3. The second kappa shape index (κ2) is 5.64. The molecule has 1 unspecified atom stereocenters. The fourth-order valence-corrected chi connectivity index (χ4v) is 2.86. The van der Waals surface area contributed by atoms with Crippen LogP contribution >= 0.6 is 0 Å². The summed E-state index contributed by atoms with van der Waals surface area (Å²) in [5.41, 5.74) is 1.03. The van der Waals surface area contributed by atoms with Crippen LogP contribution in [0.4, 0.5) is 5.82 Å². The lowest BCUT2D eigenvalue weighted by Crippen LogP contribution is -2.16. The van der Waals surface area contributed by atoms with Gasteiger partial charge in [0.1, 0.15) is 5.82 Å². The zero-order valence-corrected chi connectivity index (χ0v) is 12.5. The summed E-state index contributed by atoms with van der Waals surface area (Å²) in [6.07, 6.45) is 1.54. The fourth-order valence-electron chi connectivity index (χ4n) is 1.77. The van der Waals surface area contributed by atoms with E-state index in [-0.39, 0.29) is 10.9 Å². The minimum Gasteiger partial charge on any atom is -0.313 e. The minimum atomic E-state index is -3.59. The van der Waals surface area contributed by atoms with Crippen molar-refractivity contribution in [3.05, 3.63) is 42.1 Å². The first kappa shape index (κ1) is 14.5. The van der Waals surface area contributed by atoms with Gasteiger partial charge in [-0.1, -0.05) is 12.1 Å². The highest BCUT2D eigenvalue weighted by Crippen LogP contribution is 2.18. The smallest absolute Gasteiger partial charge is 0.263 e. The van der Waals surface area contributed by atoms with Gasteiger partial charge >= 0.3 is 0 Å². The van der Waals surface area contributed by atoms with E-state index in [4.69, 9.17) is 0 Å². The van der Waals surface area contributed by atoms with Gasteiger partial charge in [0.15, 0.2) is 0 Å². The summed E-state index contributed by atoms with van der Waals surface area (Å²) in [5, 5.41) is 7.03. The number of hydrogen-bond donors (Lipinski definition) is 2. The molecule has 1 aromatic heterocycles. The van der Waals surface area contributed by atoms with Crippen molar-refractivity contribution in [1.29, 1.82) is 0 Å². The Hall–Kier alpha value is -1.86. The third kappa shape index (κ3) is 3.00. The first-order valence-corrected chi connectivity index (χ1v) is 7.70. The van der Waals surface area contributed by atoms with Gasteiger partial charge in [-0.3, -0.25) is 9.40 Å². The molecule has 1 heterocycles. The van der Waals surface area contributed by atoms with E-state index in [2.05, 4.69) is 15.1 Å². The molecule has 0 bridgehead atoms. The zero-order valence-electron chi connectivity index (χ0n) is 11.7. The molecule has 0 amide bonds. The van der Waals surface area contributed by atoms with E-state index in [0.29, 0.717) is 5.82 Å². The third-order valence-electron chi connectivity index (χ3n) is 3.18. The maximum atomic E-state index is 12.2. The maximum Gasteiger partial charge on any atom is 0.263 e. The van der Waals surface area contributed by atoms with Gasteiger partial charge in [-0.25, -0.2) is 8.42 Å². The van der Waals surface area contributed by atoms with E-state index < -0.39 is 10.0 Å². The van der Waals surface area contributed by atoms with E-state index in [1.54, 1.807) is 37.4 Å². The molecular formula is C13H18N4O2S. The van der Waals surface area contributed by atoms with Gasteiger partial charge in [-0.2, -0.15) is 5.10 Å². The molecule has 6 nitrogen and oxygen atoms in total. The number of nitrogens with one attached hydrogen (secondary N) is 2. The van der Waals surface area contributed by atoms with Crippen molar-refractivity contribution in [2.75, 3.05) is 11.8 Å². The van der Waals surface area contributed by atoms with Gasteiger partial charge in [0.2, 0.25) is 0 Å². The van der Waals surface area contributed by atoms with Crippen molar-refractivity contribution in [1.82, 2.24) is 15.1 Å². The normalized spacial score (nSPS) is 13.2. The van der Waals surface area contributed by atoms with Crippen LogP contribution in [0.5, 0.6) is 0 Å². The topological polar surface area (TPSA) is 76.0 Å². The highest BCUT2D eigenvalue weighted by Gasteiger charge is 2.16. The van der Waals surface area contributed by atoms with Crippen molar-refractivity contribution < 1.29 is 8.42 Å². The number of sulfonamides is 1. The molecule has 0 aliphatic rings. The molecule has 0 saturated heterocycles. The fraction of sp³-hybridized carbons (Fsp3) is 0.308. The second-order valence-corrected chi connectivity index (χ2v) is 6.21. The van der Waals surface area contributed by atoms with Gasteiger partial charge in [0, 0.05) is 19.2 Å². The lowest BCUT2D eigenvalue weighted by atomic mass is 10.1. The minimum absolute atomic E-state index is 0.178. The molecule has 7 heteroatoms. The Balaban J connectivity index is 2.24. The average Bonchev–Trinajstić information content (AvgIpc) is 2.83. The largest absolute Gasteiger partial charge is 0.313 e. The molecule has 2 N–H and O–H groups in total. The Morgan fingerprint density at radius 2 is 1.85 bits per heavy atom. The molecule has 0 aliphatic heterocycles. The summed E-state index contributed by atoms with van der Waals surface area (Å²) < 4.78 is 28.4. The number of aryl methyl sites for hydroxylation is 1. The summed E-state index contributed by atoms with van der Waals surface area (Å²) in [6.45, 7) is 2.01. The Bertz CT molecular complexity index is 677. The number of anilines is 1. The molecule has 0 radical (unpaired) electrons. The first-order valence-electron chi connectivity index (χ1n) is 6.22. The Morgan fingerprint density at radius 1 is 1.20 bits per heavy atom. The summed E-state index contributed by atoms with van der Waals surface area (Å²) >= 11 is 0. The molecule has 1 aromatic carbocycles. The third-order valence-corrected chi connectivity index (χ3v) is 4.55. The van der Waals surface area contributed by atoms with Crippen molar-refractivity contribution in [2.24, 2.45) is 7.05 Å². The molecule has 20 heavy (non-hydrogen) atoms. The quantitative estimate of drug-likeness (QED) is 0.876. The Kier molecular flexibility index (Phi) is 4.10. The van der Waals surface area contributed by atoms with Crippen molar-refractivity contribution in [2.45, 2.75) is 17.9 Å². The first-order chi connectivity index (χ1) is 9.44. The van der Waals surface area contributed by atoms with Crippen LogP contribution in [0.3, 0.4) is 0 Å². The Morgan fingerprint density at radius 3 is 2.35 bits per heavy atom. The van der Waals surface area contributed by atoms with Gasteiger partial charge in [0.25, 0.3) is 10.0 Å². The predicted octanol–water partition coefficient (Wildman–Crippen LogP) is 1.50. The monoisotopic (exact) mass is 294 g/mol. The molecular weight excluding hydrogens is 276 g/mol. The number of hydrogen-bond acceptors (Lipinski definition) is 4. The lowest BCUT2D eigenvalue weighted by Gasteiger charge is -2.12. The average molecular weight is 294 g/mol. The van der Waals surface area contributed by atoms with Crippen LogP contribution in [0.1, 0.15) is 18.5 Å². The van der Waals surface area contributed by atoms with Gasteiger partial charge < -0.3 is 5.32 Å². The van der Waals surface area contributed by atoms with Crippen LogP contribution in [-0.2, 0) is 17.1 Å². The molecule has 108 valence electrons. The summed E-state index contributed by atoms with van der Waals surface area (Å²) in [4.78, 5) is 0.228. The highest BCUT2D eigenvalue weighted by molar-refractivity contribution is 7.92. The van der Waals surface area contributed by atoms with Gasteiger partial charge in [0.05, 0.1) is 11.1 Å². The lowest BCUT2D eigenvalue weighted by molar-refractivity contribution is 0.600. The molecule has 0 aliphatic carbocycles. The van der Waals surface area contributed by atoms with Crippen LogP contribution < -0.4 is 10.0 Å². The molecule has 0 fully saturated rings. The number of benzene rings is 1. The van der Waals surface area contributed by atoms with Crippen molar-refractivity contribution in [3.8, 4) is 0 Å². The molecule has 2 rings (SSSR count). The molecule has 1 atom stereocenters. The van der Waals surface area contributed by atoms with E-state index in [9.17, 15) is 8.42 Å². The zero-order chi connectivity index (χ0) is 14.8. The second-order valence-electron chi connectivity index (χ2n) is 4.52. The molecule has 2 aromatic rings. The summed E-state index contributed by atoms with van der Waals surface area (Å²) in [6, 6.07) is 8.59. The summed E-state index contributed by atoms with van der Waals surface area (Å²) in [7, 11) is -0.0496. The van der Waals surface area contributed by atoms with E-state index >= 15 is 0 Å². The van der Waals surface area contributed by atoms with Crippen LogP contribution in [0, 0.1) is 0 Å². The van der Waals surface area contributed by atoms with Gasteiger partial charge in [-0.15, -0.1) is 0 Å². The van der Waals surface area contributed by atoms with E-state index in [0.717, 1.165) is 5.56 Å². The van der Waals surface area contributed by atoms with E-state index in [1.807, 2.05) is 14.0 Å². The maximum absolute atomic E-state index is 12.2. The predicted molar refractivity (Wildman–Crippen MR) is 77.9 cm³/mol. The van der Waals surface area contributed by atoms with Crippen molar-refractivity contribution in [3.63, 3.8) is 0 Å². The van der Waals surface area contributed by atoms with Crippen LogP contribution in [0.2, 0.25) is 0 Å². The molecule has 0 saturated carbocycles. The Labute approximate surface area is 118 Å². The van der Waals surface area contributed by atoms with Crippen molar-refractivity contribution >= 4 is 15.8 Å². The van der Waals surface area contributed by atoms with Gasteiger partial charge in [-0.05, 0) is 31.7 Å². The van der Waals surface area contributed by atoms with Crippen LogP contribution in [-0.4, -0.2) is 25.2 Å². The summed E-state index contributed by atoms with van der Waals surface area (Å²) in [5.74, 6) is 0.428. The number of rotatable bonds is 5.